The molecule has 3 aromatic rings. The molecule has 0 saturated carbocycles. The maximum Gasteiger partial charge on any atom is 0.416 e. The number of nitrogens with zero attached hydrogens (tertiary/aromatic N) is 4. The highest BCUT2D eigenvalue weighted by molar-refractivity contribution is 7.13. The van der Waals surface area contributed by atoms with Crippen LogP contribution < -0.4 is 10.3 Å². The normalized spacial score (nSPS) is 11.8. The molecule has 0 atom stereocenters. The first kappa shape index (κ1) is 19.8. The Morgan fingerprint density at radius 3 is 2.39 bits per heavy atom. The van der Waals surface area contributed by atoms with E-state index in [0.717, 1.165) is 23.4 Å². The predicted molar refractivity (Wildman–Crippen MR) is 107 cm³/mol. The van der Waals surface area contributed by atoms with E-state index in [9.17, 15) is 13.2 Å². The molecule has 1 N–H and O–H groups in total. The van der Waals surface area contributed by atoms with Crippen molar-refractivity contribution in [2.24, 2.45) is 5.10 Å². The Hall–Kier alpha value is -2.94. The molecular formula is C19H18F3N5S. The molecule has 0 aliphatic rings. The maximum absolute atomic E-state index is 13.2. The summed E-state index contributed by atoms with van der Waals surface area (Å²) in [6.45, 7) is 1.90. The average Bonchev–Trinajstić information content (AvgIpc) is 3.06. The highest BCUT2D eigenvalue weighted by atomic mass is 32.1. The number of pyridine rings is 1. The van der Waals surface area contributed by atoms with Gasteiger partial charge in [0.2, 0.25) is 5.13 Å². The predicted octanol–water partition coefficient (Wildman–Crippen LogP) is 5.04. The van der Waals surface area contributed by atoms with Crippen molar-refractivity contribution >= 4 is 28.5 Å². The molecule has 2 heterocycles. The zero-order valence-corrected chi connectivity index (χ0v) is 16.3. The molecular weight excluding hydrogens is 387 g/mol. The van der Waals surface area contributed by atoms with Crippen LogP contribution in [-0.4, -0.2) is 30.3 Å². The maximum atomic E-state index is 13.2. The largest absolute Gasteiger partial charge is 0.416 e. The van der Waals surface area contributed by atoms with Gasteiger partial charge in [-0.2, -0.15) is 18.3 Å². The van der Waals surface area contributed by atoms with Gasteiger partial charge in [-0.3, -0.25) is 5.43 Å². The van der Waals surface area contributed by atoms with Crippen LogP contribution in [0.3, 0.4) is 0 Å². The topological polar surface area (TPSA) is 53.4 Å². The molecule has 0 saturated heterocycles. The first-order valence-electron chi connectivity index (χ1n) is 8.30. The van der Waals surface area contributed by atoms with E-state index in [0.29, 0.717) is 10.7 Å². The SMILES string of the molecule is Cc1csc(NN=Cc2ccc(-c3cc(C(F)(F)F)cc(N(C)C)n3)cc2)n1. The van der Waals surface area contributed by atoms with Gasteiger partial charge in [0.1, 0.15) is 5.82 Å². The van der Waals surface area contributed by atoms with Crippen molar-refractivity contribution in [3.63, 3.8) is 0 Å². The summed E-state index contributed by atoms with van der Waals surface area (Å²) in [7, 11) is 3.31. The minimum absolute atomic E-state index is 0.249. The van der Waals surface area contributed by atoms with Crippen molar-refractivity contribution in [3.8, 4) is 11.3 Å². The van der Waals surface area contributed by atoms with E-state index < -0.39 is 11.7 Å². The first-order valence-corrected chi connectivity index (χ1v) is 9.18. The zero-order valence-electron chi connectivity index (χ0n) is 15.4. The second kappa shape index (κ2) is 7.97. The molecule has 9 heteroatoms. The smallest absolute Gasteiger partial charge is 0.363 e. The second-order valence-electron chi connectivity index (χ2n) is 6.28. The number of aromatic nitrogens is 2. The van der Waals surface area contributed by atoms with E-state index in [4.69, 9.17) is 0 Å². The standard InChI is InChI=1S/C19H18F3N5S/c1-12-11-28-18(24-12)26-23-10-13-4-6-14(7-5-13)16-8-15(19(20,21)22)9-17(25-16)27(2)3/h4-11H,1-3H3,(H,24,26). The van der Waals surface area contributed by atoms with E-state index in [1.54, 1.807) is 49.5 Å². The molecule has 0 fully saturated rings. The molecule has 2 aromatic heterocycles. The number of aryl methyl sites for hydroxylation is 1. The lowest BCUT2D eigenvalue weighted by molar-refractivity contribution is -0.137. The summed E-state index contributed by atoms with van der Waals surface area (Å²) in [4.78, 5) is 10.1. The number of rotatable bonds is 5. The summed E-state index contributed by atoms with van der Waals surface area (Å²) >= 11 is 1.45. The summed E-state index contributed by atoms with van der Waals surface area (Å²) in [6, 6.07) is 9.07. The summed E-state index contributed by atoms with van der Waals surface area (Å²) < 4.78 is 39.6. The molecule has 0 unspecified atom stereocenters. The van der Waals surface area contributed by atoms with Crippen LogP contribution in [0.4, 0.5) is 24.1 Å². The zero-order chi connectivity index (χ0) is 20.3. The molecule has 0 aliphatic carbocycles. The number of hydrogen-bond acceptors (Lipinski definition) is 6. The second-order valence-corrected chi connectivity index (χ2v) is 7.14. The number of benzene rings is 1. The highest BCUT2D eigenvalue weighted by Crippen LogP contribution is 2.33. The van der Waals surface area contributed by atoms with Gasteiger partial charge in [0.25, 0.3) is 0 Å². The van der Waals surface area contributed by atoms with Gasteiger partial charge in [-0.05, 0) is 24.6 Å². The Bertz CT molecular complexity index is 978. The van der Waals surface area contributed by atoms with Crippen molar-refractivity contribution in [2.75, 3.05) is 24.4 Å². The minimum Gasteiger partial charge on any atom is -0.363 e. The molecule has 3 rings (SSSR count). The number of thiazole rings is 1. The third kappa shape index (κ3) is 4.86. The van der Waals surface area contributed by atoms with Gasteiger partial charge in [0.15, 0.2) is 0 Å². The number of alkyl halides is 3. The van der Waals surface area contributed by atoms with Crippen LogP contribution in [0.5, 0.6) is 0 Å². The van der Waals surface area contributed by atoms with Crippen molar-refractivity contribution < 1.29 is 13.2 Å². The third-order valence-electron chi connectivity index (χ3n) is 3.80. The lowest BCUT2D eigenvalue weighted by Crippen LogP contribution is -2.14. The third-order valence-corrected chi connectivity index (χ3v) is 4.66. The minimum atomic E-state index is -4.44. The monoisotopic (exact) mass is 405 g/mol. The van der Waals surface area contributed by atoms with Crippen LogP contribution in [0.1, 0.15) is 16.8 Å². The summed E-state index contributed by atoms with van der Waals surface area (Å²) in [6.07, 6.45) is -2.82. The van der Waals surface area contributed by atoms with Crippen LogP contribution >= 0.6 is 11.3 Å². The van der Waals surface area contributed by atoms with Crippen molar-refractivity contribution in [1.29, 1.82) is 0 Å². The van der Waals surface area contributed by atoms with Gasteiger partial charge in [-0.25, -0.2) is 9.97 Å². The Morgan fingerprint density at radius 1 is 1.11 bits per heavy atom. The lowest BCUT2D eigenvalue weighted by atomic mass is 10.1. The van der Waals surface area contributed by atoms with Crippen LogP contribution in [0.2, 0.25) is 0 Å². The molecule has 1 aromatic carbocycles. The molecule has 0 amide bonds. The van der Waals surface area contributed by atoms with Gasteiger partial charge in [-0.1, -0.05) is 24.3 Å². The van der Waals surface area contributed by atoms with E-state index in [2.05, 4.69) is 20.5 Å². The molecule has 0 aliphatic heterocycles. The number of anilines is 2. The fourth-order valence-corrected chi connectivity index (χ4v) is 3.00. The Balaban J connectivity index is 1.81. The molecule has 5 nitrogen and oxygen atoms in total. The van der Waals surface area contributed by atoms with Crippen molar-refractivity contribution in [2.45, 2.75) is 13.1 Å². The van der Waals surface area contributed by atoms with Crippen molar-refractivity contribution in [3.05, 3.63) is 58.6 Å². The summed E-state index contributed by atoms with van der Waals surface area (Å²) in [5.74, 6) is 0.249. The molecule has 146 valence electrons. The van der Waals surface area contributed by atoms with Crippen molar-refractivity contribution in [1.82, 2.24) is 9.97 Å². The Kier molecular flexibility index (Phi) is 5.64. The van der Waals surface area contributed by atoms with Crippen LogP contribution in [0, 0.1) is 6.92 Å². The van der Waals surface area contributed by atoms with Crippen LogP contribution in [-0.2, 0) is 6.18 Å². The van der Waals surface area contributed by atoms with E-state index >= 15 is 0 Å². The number of hydrogen-bond donors (Lipinski definition) is 1. The van der Waals surface area contributed by atoms with Gasteiger partial charge < -0.3 is 4.90 Å². The van der Waals surface area contributed by atoms with Gasteiger partial charge in [0.05, 0.1) is 23.2 Å². The van der Waals surface area contributed by atoms with E-state index in [1.165, 1.54) is 11.3 Å². The fraction of sp³-hybridized carbons (Fsp3) is 0.211. The lowest BCUT2D eigenvalue weighted by Gasteiger charge is -2.16. The Morgan fingerprint density at radius 2 is 1.82 bits per heavy atom. The summed E-state index contributed by atoms with van der Waals surface area (Å²) in [5, 5.41) is 6.72. The van der Waals surface area contributed by atoms with Crippen LogP contribution in [0.15, 0.2) is 46.9 Å². The first-order chi connectivity index (χ1) is 13.2. The number of halogens is 3. The average molecular weight is 405 g/mol. The quantitative estimate of drug-likeness (QED) is 0.477. The van der Waals surface area contributed by atoms with E-state index in [1.807, 2.05) is 12.3 Å². The number of nitrogens with one attached hydrogen (secondary N) is 1. The molecule has 0 radical (unpaired) electrons. The molecule has 0 bridgehead atoms. The molecule has 0 spiro atoms. The molecule has 28 heavy (non-hydrogen) atoms. The fourth-order valence-electron chi connectivity index (χ4n) is 2.36. The van der Waals surface area contributed by atoms with Gasteiger partial charge >= 0.3 is 6.18 Å². The van der Waals surface area contributed by atoms with Gasteiger partial charge in [-0.15, -0.1) is 11.3 Å². The van der Waals surface area contributed by atoms with Crippen LogP contribution in [0.25, 0.3) is 11.3 Å². The van der Waals surface area contributed by atoms with E-state index in [-0.39, 0.29) is 11.5 Å². The van der Waals surface area contributed by atoms with Gasteiger partial charge in [0, 0.05) is 25.0 Å². The Labute approximate surface area is 164 Å². The number of hydrazone groups is 1. The highest BCUT2D eigenvalue weighted by Gasteiger charge is 2.32. The summed E-state index contributed by atoms with van der Waals surface area (Å²) in [5.41, 5.74) is 4.68.